The second kappa shape index (κ2) is 24.7. The summed E-state index contributed by atoms with van der Waals surface area (Å²) in [5, 5.41) is 29.3. The van der Waals surface area contributed by atoms with Crippen molar-refractivity contribution < 1.29 is 69.6 Å². The number of carboxylic acids is 1. The zero-order chi connectivity index (χ0) is 49.2. The van der Waals surface area contributed by atoms with E-state index in [-0.39, 0.29) is 67.0 Å². The number of halogens is 3. The minimum Gasteiger partial charge on any atom is -0.481 e. The third-order valence-electron chi connectivity index (χ3n) is 9.21. The van der Waals surface area contributed by atoms with Crippen LogP contribution < -0.4 is 48.4 Å². The van der Waals surface area contributed by atoms with Crippen LogP contribution in [0.15, 0.2) is 57.6 Å². The Bertz CT molecular complexity index is 2280. The number of hydrogen-bond acceptors (Lipinski definition) is 14. The molecule has 360 valence electrons. The topological polar surface area (TPSA) is 371 Å². The van der Waals surface area contributed by atoms with Gasteiger partial charge < -0.3 is 42.7 Å². The highest BCUT2D eigenvalue weighted by atomic mass is 32.2. The highest BCUT2D eigenvalue weighted by Crippen LogP contribution is 2.15. The van der Waals surface area contributed by atoms with Gasteiger partial charge in [0.05, 0.1) is 24.7 Å². The number of hydrogen-bond donors (Lipinski definition) is 11. The van der Waals surface area contributed by atoms with Crippen molar-refractivity contribution in [1.29, 1.82) is 0 Å². The van der Waals surface area contributed by atoms with Crippen LogP contribution in [0.3, 0.4) is 0 Å². The van der Waals surface area contributed by atoms with E-state index in [9.17, 15) is 69.6 Å². The molecule has 12 N–H and O–H groups in total. The Kier molecular flexibility index (Phi) is 19.9. The van der Waals surface area contributed by atoms with Crippen LogP contribution in [-0.2, 0) is 43.7 Å². The number of nitrogens with one attached hydrogen (secondary N) is 8. The van der Waals surface area contributed by atoms with E-state index in [1.54, 1.807) is 19.9 Å². The normalized spacial score (nSPS) is 19.3. The van der Waals surface area contributed by atoms with E-state index < -0.39 is 113 Å². The van der Waals surface area contributed by atoms with Crippen molar-refractivity contribution in [3.63, 3.8) is 0 Å². The Morgan fingerprint density at radius 1 is 0.909 bits per heavy atom. The number of carbonyl (C=O) groups is 8. The Hall–Kier alpha value is -7.23. The molecule has 0 unspecified atom stereocenters. The standard InChI is InChI=1S/C38H49F3N12O12S/c1-20(2)30-35(61)50-23(10-7-15-44-37(42)52-36(62)38(39,40)41)32(58)46-19-28(54)48-25(16-29(55)56)34(60)49-24(33(59)51-30)9-5-6-14-43-31(57)22-12-13-27(45-17-22)53-47-18-21-8-3-4-11-26(21)66(63,64)65/h3-4,8,11-13,17-18,20,23-25,30H,5-7,9-10,14-16,19H2,1-2H3,(H,43,57)(H,45,53)(H,46,58)(H,48,54)(H,49,60)(H,50,61)(H,51,59)(H,55,56)(H,63,64,65)(H3,42,44,52,62)/b47-18+/t23-,24-,25-,30+/m0/s1. The molecule has 1 saturated heterocycles. The maximum Gasteiger partial charge on any atom is 0.471 e. The Labute approximate surface area is 374 Å². The van der Waals surface area contributed by atoms with Gasteiger partial charge in [0.25, 0.3) is 16.0 Å². The molecule has 0 radical (unpaired) electrons. The zero-order valence-corrected chi connectivity index (χ0v) is 36.1. The van der Waals surface area contributed by atoms with Crippen LogP contribution in [-0.4, -0.2) is 133 Å². The highest BCUT2D eigenvalue weighted by Gasteiger charge is 2.39. The number of alkyl halides is 3. The monoisotopic (exact) mass is 954 g/mol. The van der Waals surface area contributed by atoms with Crippen molar-refractivity contribution in [3.05, 3.63) is 53.7 Å². The number of carboxylic acid groups (broad SMARTS) is 1. The van der Waals surface area contributed by atoms with E-state index in [4.69, 9.17) is 5.73 Å². The summed E-state index contributed by atoms with van der Waals surface area (Å²) in [5.41, 5.74) is 8.15. The van der Waals surface area contributed by atoms with Crippen LogP contribution in [0.1, 0.15) is 68.3 Å². The van der Waals surface area contributed by atoms with Gasteiger partial charge in [-0.25, -0.2) is 4.98 Å². The molecule has 1 aliphatic heterocycles. The van der Waals surface area contributed by atoms with Crippen molar-refractivity contribution in [2.24, 2.45) is 21.7 Å². The Morgan fingerprint density at radius 3 is 2.20 bits per heavy atom. The number of aliphatic carboxylic acids is 1. The number of amides is 7. The molecule has 1 aromatic heterocycles. The van der Waals surface area contributed by atoms with Gasteiger partial charge in [0, 0.05) is 24.8 Å². The first-order valence-electron chi connectivity index (χ1n) is 19.9. The number of nitrogens with zero attached hydrogens (tertiary/aromatic N) is 3. The van der Waals surface area contributed by atoms with Crippen molar-refractivity contribution in [1.82, 2.24) is 42.2 Å². The number of aromatic nitrogens is 1. The fourth-order valence-corrected chi connectivity index (χ4v) is 6.53. The predicted molar refractivity (Wildman–Crippen MR) is 226 cm³/mol. The molecule has 0 bridgehead atoms. The molecule has 1 aliphatic rings. The van der Waals surface area contributed by atoms with Crippen LogP contribution in [0.5, 0.6) is 0 Å². The number of nitrogens with two attached hydrogens (primary N) is 1. The predicted octanol–water partition coefficient (Wildman–Crippen LogP) is -1.35. The largest absolute Gasteiger partial charge is 0.481 e. The first-order chi connectivity index (χ1) is 31.0. The number of unbranched alkanes of at least 4 members (excludes halogenated alkanes) is 1. The van der Waals surface area contributed by atoms with Gasteiger partial charge in [0.15, 0.2) is 5.96 Å². The molecule has 2 aromatic rings. The fourth-order valence-electron chi connectivity index (χ4n) is 5.86. The van der Waals surface area contributed by atoms with E-state index in [2.05, 4.69) is 52.4 Å². The molecule has 3 rings (SSSR count). The molecule has 4 atom stereocenters. The SMILES string of the molecule is CC(C)[C@H]1NC(=O)[C@H](CCCCNC(=O)c2ccc(N/N=C/c3ccccc3S(=O)(=O)O)nc2)NC(=O)[C@H](CC(=O)O)NC(=O)CNC(=O)[C@H](CCCN=C(N)NC(=O)C(F)(F)F)NC1=O. The van der Waals surface area contributed by atoms with Crippen LogP contribution in [0.4, 0.5) is 19.0 Å². The molecule has 24 nitrogen and oxygen atoms in total. The van der Waals surface area contributed by atoms with Gasteiger partial charge in [-0.2, -0.15) is 26.7 Å². The number of benzene rings is 1. The van der Waals surface area contributed by atoms with E-state index in [1.165, 1.54) is 41.8 Å². The molecule has 2 heterocycles. The zero-order valence-electron chi connectivity index (χ0n) is 35.3. The molecule has 66 heavy (non-hydrogen) atoms. The average molecular weight is 955 g/mol. The summed E-state index contributed by atoms with van der Waals surface area (Å²) in [6.45, 7) is 2.06. The number of carbonyl (C=O) groups excluding carboxylic acids is 7. The molecule has 1 aromatic carbocycles. The molecule has 7 amide bonds. The summed E-state index contributed by atoms with van der Waals surface area (Å²) in [6.07, 6.45) is -3.83. The molecule has 0 aliphatic carbocycles. The summed E-state index contributed by atoms with van der Waals surface area (Å²) in [5.74, 6) is -10.5. The molecular weight excluding hydrogens is 906 g/mol. The van der Waals surface area contributed by atoms with Crippen LogP contribution in [0.2, 0.25) is 0 Å². The molecule has 1 fully saturated rings. The van der Waals surface area contributed by atoms with Crippen LogP contribution in [0.25, 0.3) is 0 Å². The number of pyridine rings is 1. The van der Waals surface area contributed by atoms with Gasteiger partial charge in [-0.1, -0.05) is 32.0 Å². The first-order valence-corrected chi connectivity index (χ1v) is 21.4. The second-order valence-corrected chi connectivity index (χ2v) is 16.1. The lowest BCUT2D eigenvalue weighted by Gasteiger charge is -2.27. The van der Waals surface area contributed by atoms with Crippen molar-refractivity contribution in [2.45, 2.75) is 87.6 Å². The molecule has 0 saturated carbocycles. The third-order valence-corrected chi connectivity index (χ3v) is 10.1. The van der Waals surface area contributed by atoms with E-state index >= 15 is 0 Å². The summed E-state index contributed by atoms with van der Waals surface area (Å²) < 4.78 is 70.2. The molecule has 0 spiro atoms. The Balaban J connectivity index is 1.69. The maximum absolute atomic E-state index is 13.7. The van der Waals surface area contributed by atoms with Gasteiger partial charge in [-0.15, -0.1) is 0 Å². The lowest BCUT2D eigenvalue weighted by atomic mass is 10.0. The number of aliphatic imine (C=N–C) groups is 1. The maximum atomic E-state index is 13.7. The molecule has 28 heteroatoms. The minimum atomic E-state index is -5.23. The second-order valence-electron chi connectivity index (χ2n) is 14.7. The summed E-state index contributed by atoms with van der Waals surface area (Å²) >= 11 is 0. The van der Waals surface area contributed by atoms with Crippen molar-refractivity contribution in [3.8, 4) is 0 Å². The van der Waals surface area contributed by atoms with Gasteiger partial charge in [-0.3, -0.25) is 58.6 Å². The number of rotatable bonds is 17. The number of hydrazone groups is 1. The lowest BCUT2D eigenvalue weighted by Crippen LogP contribution is -2.59. The molecular formula is C38H49F3N12O12S. The third kappa shape index (κ3) is 17.7. The first kappa shape index (κ1) is 53.1. The highest BCUT2D eigenvalue weighted by molar-refractivity contribution is 7.86. The van der Waals surface area contributed by atoms with E-state index in [1.807, 2.05) is 0 Å². The average Bonchev–Trinajstić information content (AvgIpc) is 3.23. The van der Waals surface area contributed by atoms with E-state index in [0.29, 0.717) is 0 Å². The van der Waals surface area contributed by atoms with Crippen LogP contribution in [0, 0.1) is 5.92 Å². The van der Waals surface area contributed by atoms with Gasteiger partial charge in [0.2, 0.25) is 29.5 Å². The van der Waals surface area contributed by atoms with Crippen molar-refractivity contribution in [2.75, 3.05) is 25.1 Å². The van der Waals surface area contributed by atoms with E-state index in [0.717, 1.165) is 6.21 Å². The Morgan fingerprint density at radius 2 is 1.56 bits per heavy atom. The number of guanidine groups is 1. The minimum absolute atomic E-state index is 0.0653. The van der Waals surface area contributed by atoms with Gasteiger partial charge >= 0.3 is 18.1 Å². The van der Waals surface area contributed by atoms with Gasteiger partial charge in [-0.05, 0) is 56.2 Å². The summed E-state index contributed by atoms with van der Waals surface area (Å²) in [7, 11) is -4.50. The lowest BCUT2D eigenvalue weighted by molar-refractivity contribution is -0.171. The van der Waals surface area contributed by atoms with Crippen molar-refractivity contribution >= 4 is 75.4 Å². The quantitative estimate of drug-likeness (QED) is 0.0287. The van der Waals surface area contributed by atoms with Gasteiger partial charge in [0.1, 0.15) is 34.9 Å². The fraction of sp³-hybridized carbons (Fsp3) is 0.447. The summed E-state index contributed by atoms with van der Waals surface area (Å²) in [4.78, 5) is 110. The summed E-state index contributed by atoms with van der Waals surface area (Å²) in [6, 6.07) is 2.52. The number of anilines is 1. The van der Waals surface area contributed by atoms with Crippen LogP contribution >= 0.6 is 0 Å². The smallest absolute Gasteiger partial charge is 0.471 e.